The summed E-state index contributed by atoms with van der Waals surface area (Å²) in [5.41, 5.74) is 7.87. The summed E-state index contributed by atoms with van der Waals surface area (Å²) >= 11 is 0. The van der Waals surface area contributed by atoms with Gasteiger partial charge in [-0.2, -0.15) is 0 Å². The monoisotopic (exact) mass is 387 g/mol. The van der Waals surface area contributed by atoms with Crippen molar-refractivity contribution in [3.8, 4) is 0 Å². The molecular formula is C23H18FN3O2. The molecule has 0 aliphatic carbocycles. The molecule has 2 amide bonds. The van der Waals surface area contributed by atoms with E-state index in [9.17, 15) is 14.0 Å². The first kappa shape index (κ1) is 18.6. The molecule has 0 bridgehead atoms. The van der Waals surface area contributed by atoms with Crippen LogP contribution < -0.4 is 11.1 Å². The number of amides is 2. The molecule has 0 aliphatic rings. The molecule has 0 saturated carbocycles. The van der Waals surface area contributed by atoms with Crippen LogP contribution in [0.25, 0.3) is 21.8 Å². The van der Waals surface area contributed by atoms with Gasteiger partial charge in [0.05, 0.1) is 16.6 Å². The summed E-state index contributed by atoms with van der Waals surface area (Å²) in [6.07, 6.45) is 0.0970. The quantitative estimate of drug-likeness (QED) is 0.515. The summed E-state index contributed by atoms with van der Waals surface area (Å²) in [7, 11) is 0. The SMILES string of the molecule is NC(=O)[C@@H](Cc1cccc(F)c1)NC(=O)c1c2ccccc2nc2ccccc12. The predicted molar refractivity (Wildman–Crippen MR) is 110 cm³/mol. The number of para-hydroxylation sites is 2. The molecule has 0 aliphatic heterocycles. The Hall–Kier alpha value is -3.80. The van der Waals surface area contributed by atoms with Crippen LogP contribution in [0.4, 0.5) is 4.39 Å². The van der Waals surface area contributed by atoms with E-state index < -0.39 is 23.7 Å². The van der Waals surface area contributed by atoms with E-state index in [0.29, 0.717) is 32.9 Å². The standard InChI is InChI=1S/C23H18FN3O2/c24-15-7-5-6-14(12-15)13-20(22(25)28)27-23(29)21-16-8-1-3-10-18(16)26-19-11-4-2-9-17(19)21/h1-12,20H,13H2,(H2,25,28)(H,27,29)/t20-/m1/s1. The highest BCUT2D eigenvalue weighted by atomic mass is 19.1. The van der Waals surface area contributed by atoms with Gasteiger partial charge in [-0.25, -0.2) is 9.37 Å². The molecule has 29 heavy (non-hydrogen) atoms. The summed E-state index contributed by atoms with van der Waals surface area (Å²) < 4.78 is 13.5. The van der Waals surface area contributed by atoms with E-state index in [-0.39, 0.29) is 6.42 Å². The summed E-state index contributed by atoms with van der Waals surface area (Å²) in [5.74, 6) is -1.53. The van der Waals surface area contributed by atoms with Crippen LogP contribution in [0.3, 0.4) is 0 Å². The number of hydrogen-bond acceptors (Lipinski definition) is 3. The average Bonchev–Trinajstić information content (AvgIpc) is 2.71. The molecule has 3 N–H and O–H groups in total. The highest BCUT2D eigenvalue weighted by Gasteiger charge is 2.22. The maximum absolute atomic E-state index is 13.5. The Kier molecular flexibility index (Phi) is 4.91. The van der Waals surface area contributed by atoms with Crippen LogP contribution in [0.2, 0.25) is 0 Å². The van der Waals surface area contributed by atoms with Gasteiger partial charge in [0.2, 0.25) is 5.91 Å². The van der Waals surface area contributed by atoms with Gasteiger partial charge in [0.15, 0.2) is 0 Å². The van der Waals surface area contributed by atoms with Crippen LogP contribution in [0, 0.1) is 5.82 Å². The highest BCUT2D eigenvalue weighted by Crippen LogP contribution is 2.26. The molecule has 0 fully saturated rings. The lowest BCUT2D eigenvalue weighted by atomic mass is 10.0. The largest absolute Gasteiger partial charge is 0.368 e. The smallest absolute Gasteiger partial charge is 0.253 e. The van der Waals surface area contributed by atoms with Crippen molar-refractivity contribution in [2.75, 3.05) is 0 Å². The Morgan fingerprint density at radius 1 is 0.931 bits per heavy atom. The van der Waals surface area contributed by atoms with E-state index in [4.69, 9.17) is 5.73 Å². The number of carbonyl (C=O) groups is 2. The van der Waals surface area contributed by atoms with Crippen LogP contribution >= 0.6 is 0 Å². The van der Waals surface area contributed by atoms with E-state index in [1.165, 1.54) is 12.1 Å². The van der Waals surface area contributed by atoms with Gasteiger partial charge in [0, 0.05) is 17.2 Å². The molecule has 1 atom stereocenters. The number of nitrogens with zero attached hydrogens (tertiary/aromatic N) is 1. The molecule has 0 spiro atoms. The van der Waals surface area contributed by atoms with Crippen LogP contribution in [0.15, 0.2) is 72.8 Å². The minimum Gasteiger partial charge on any atom is -0.368 e. The Morgan fingerprint density at radius 3 is 2.14 bits per heavy atom. The summed E-state index contributed by atoms with van der Waals surface area (Å²) in [6, 6.07) is 19.5. The van der Waals surface area contributed by atoms with Gasteiger partial charge in [-0.1, -0.05) is 48.5 Å². The van der Waals surface area contributed by atoms with Gasteiger partial charge in [0.1, 0.15) is 11.9 Å². The van der Waals surface area contributed by atoms with Crippen molar-refractivity contribution < 1.29 is 14.0 Å². The number of hydrogen-bond donors (Lipinski definition) is 2. The Labute approximate surface area is 166 Å². The molecule has 0 unspecified atom stereocenters. The van der Waals surface area contributed by atoms with Gasteiger partial charge in [-0.3, -0.25) is 9.59 Å². The van der Waals surface area contributed by atoms with Crippen molar-refractivity contribution in [3.63, 3.8) is 0 Å². The molecule has 1 aromatic heterocycles. The van der Waals surface area contributed by atoms with Gasteiger partial charge < -0.3 is 11.1 Å². The summed E-state index contributed by atoms with van der Waals surface area (Å²) in [5, 5.41) is 4.08. The first-order valence-corrected chi connectivity index (χ1v) is 9.15. The zero-order chi connectivity index (χ0) is 20.4. The third-order valence-electron chi connectivity index (χ3n) is 4.79. The molecule has 0 radical (unpaired) electrons. The second-order valence-electron chi connectivity index (χ2n) is 6.78. The Morgan fingerprint density at radius 2 is 1.55 bits per heavy atom. The van der Waals surface area contributed by atoms with Gasteiger partial charge in [-0.15, -0.1) is 0 Å². The molecule has 144 valence electrons. The number of pyridine rings is 1. The van der Waals surface area contributed by atoms with Crippen LogP contribution in [0.5, 0.6) is 0 Å². The van der Waals surface area contributed by atoms with E-state index in [1.807, 2.05) is 48.5 Å². The molecule has 5 nitrogen and oxygen atoms in total. The molecule has 4 aromatic rings. The predicted octanol–water partition coefficient (Wildman–Crippen LogP) is 3.35. The fraction of sp³-hybridized carbons (Fsp3) is 0.0870. The minimum absolute atomic E-state index is 0.0970. The summed E-state index contributed by atoms with van der Waals surface area (Å²) in [4.78, 5) is 29.8. The van der Waals surface area contributed by atoms with E-state index in [0.717, 1.165) is 0 Å². The van der Waals surface area contributed by atoms with Crippen molar-refractivity contribution >= 4 is 33.6 Å². The van der Waals surface area contributed by atoms with Gasteiger partial charge in [-0.05, 0) is 29.8 Å². The molecule has 0 saturated heterocycles. The lowest BCUT2D eigenvalue weighted by Gasteiger charge is -2.17. The third-order valence-corrected chi connectivity index (χ3v) is 4.79. The molecule has 3 aromatic carbocycles. The van der Waals surface area contributed by atoms with Crippen LogP contribution in [-0.4, -0.2) is 22.8 Å². The summed E-state index contributed by atoms with van der Waals surface area (Å²) in [6.45, 7) is 0. The first-order chi connectivity index (χ1) is 14.0. The number of halogens is 1. The van der Waals surface area contributed by atoms with Crippen LogP contribution in [0.1, 0.15) is 15.9 Å². The minimum atomic E-state index is -0.977. The van der Waals surface area contributed by atoms with Crippen molar-refractivity contribution in [1.82, 2.24) is 10.3 Å². The Bertz CT molecular complexity index is 1190. The van der Waals surface area contributed by atoms with Gasteiger partial charge in [0.25, 0.3) is 5.91 Å². The highest BCUT2D eigenvalue weighted by molar-refractivity contribution is 6.16. The number of carbonyl (C=O) groups excluding carboxylic acids is 2. The lowest BCUT2D eigenvalue weighted by molar-refractivity contribution is -0.119. The number of fused-ring (bicyclic) bond motifs is 2. The van der Waals surface area contributed by atoms with E-state index in [1.54, 1.807) is 12.1 Å². The fourth-order valence-corrected chi connectivity index (χ4v) is 3.44. The number of rotatable bonds is 5. The molecule has 1 heterocycles. The normalized spacial score (nSPS) is 12.0. The lowest BCUT2D eigenvalue weighted by Crippen LogP contribution is -2.46. The van der Waals surface area contributed by atoms with Gasteiger partial charge >= 0.3 is 0 Å². The number of nitrogens with one attached hydrogen (secondary N) is 1. The molecular weight excluding hydrogens is 369 g/mol. The number of nitrogens with two attached hydrogens (primary N) is 1. The maximum atomic E-state index is 13.5. The maximum Gasteiger partial charge on any atom is 0.253 e. The zero-order valence-corrected chi connectivity index (χ0v) is 15.4. The second-order valence-corrected chi connectivity index (χ2v) is 6.78. The average molecular weight is 387 g/mol. The third kappa shape index (κ3) is 3.78. The Balaban J connectivity index is 1.74. The van der Waals surface area contributed by atoms with E-state index in [2.05, 4.69) is 10.3 Å². The number of benzene rings is 3. The van der Waals surface area contributed by atoms with Crippen LogP contribution in [-0.2, 0) is 11.2 Å². The van der Waals surface area contributed by atoms with E-state index >= 15 is 0 Å². The zero-order valence-electron chi connectivity index (χ0n) is 15.4. The van der Waals surface area contributed by atoms with Crippen molar-refractivity contribution in [2.24, 2.45) is 5.73 Å². The number of aromatic nitrogens is 1. The van der Waals surface area contributed by atoms with Crippen molar-refractivity contribution in [3.05, 3.63) is 89.7 Å². The molecule has 4 rings (SSSR count). The topological polar surface area (TPSA) is 85.1 Å². The van der Waals surface area contributed by atoms with Crippen molar-refractivity contribution in [1.29, 1.82) is 0 Å². The first-order valence-electron chi connectivity index (χ1n) is 9.15. The number of primary amides is 1. The molecule has 6 heteroatoms. The fourth-order valence-electron chi connectivity index (χ4n) is 3.44. The van der Waals surface area contributed by atoms with Crippen molar-refractivity contribution in [2.45, 2.75) is 12.5 Å². The second kappa shape index (κ2) is 7.67.